The number of nitrogens with zero attached hydrogens (tertiary/aromatic N) is 5. The number of aromatic nitrogens is 4. The van der Waals surface area contributed by atoms with E-state index in [0.29, 0.717) is 37.2 Å². The van der Waals surface area contributed by atoms with E-state index >= 15 is 0 Å². The fourth-order valence-electron chi connectivity index (χ4n) is 4.51. The topological polar surface area (TPSA) is 77.0 Å². The van der Waals surface area contributed by atoms with Crippen LogP contribution in [0.3, 0.4) is 0 Å². The molecule has 0 amide bonds. The van der Waals surface area contributed by atoms with E-state index in [4.69, 9.17) is 9.51 Å². The van der Waals surface area contributed by atoms with Crippen molar-refractivity contribution in [1.29, 1.82) is 0 Å². The summed E-state index contributed by atoms with van der Waals surface area (Å²) in [5.74, 6) is 1.83. The van der Waals surface area contributed by atoms with Crippen LogP contribution in [-0.2, 0) is 18.4 Å². The predicted octanol–water partition coefficient (Wildman–Crippen LogP) is 4.43. The lowest BCUT2D eigenvalue weighted by Gasteiger charge is -2.29. The number of benzene rings is 2. The Morgan fingerprint density at radius 3 is 2.12 bits per heavy atom. The summed E-state index contributed by atoms with van der Waals surface area (Å²) in [5, 5.41) is 4.18. The summed E-state index contributed by atoms with van der Waals surface area (Å²) >= 11 is 0. The van der Waals surface area contributed by atoms with Crippen LogP contribution in [0.25, 0.3) is 0 Å². The van der Waals surface area contributed by atoms with Crippen LogP contribution in [0.5, 0.6) is 0 Å². The van der Waals surface area contributed by atoms with Gasteiger partial charge in [-0.1, -0.05) is 81.4 Å². The van der Waals surface area contributed by atoms with Crippen molar-refractivity contribution in [3.05, 3.63) is 105 Å². The first-order valence-electron chi connectivity index (χ1n) is 11.6. The van der Waals surface area contributed by atoms with Crippen molar-refractivity contribution in [2.45, 2.75) is 52.1 Å². The van der Waals surface area contributed by atoms with Crippen LogP contribution in [0.2, 0.25) is 0 Å². The first-order chi connectivity index (χ1) is 16.3. The molecule has 0 saturated heterocycles. The zero-order valence-electron chi connectivity index (χ0n) is 20.0. The second-order valence-electron chi connectivity index (χ2n) is 9.80. The maximum absolute atomic E-state index is 13.9. The third-order valence-electron chi connectivity index (χ3n) is 6.27. The van der Waals surface area contributed by atoms with Gasteiger partial charge in [0.25, 0.3) is 11.5 Å². The van der Waals surface area contributed by atoms with Crippen molar-refractivity contribution in [3.8, 4) is 0 Å². The SMILES string of the molecule is Cc1nc2c(c(=O)n1C(c1ccccc1)c1ccccc1)CCN(c1noc(C(C)(C)C)n1)C2. The summed E-state index contributed by atoms with van der Waals surface area (Å²) in [5.41, 5.74) is 3.46. The molecule has 5 rings (SSSR count). The van der Waals surface area contributed by atoms with Crippen molar-refractivity contribution in [2.75, 3.05) is 11.4 Å². The van der Waals surface area contributed by atoms with Crippen LogP contribution in [0, 0.1) is 6.92 Å². The van der Waals surface area contributed by atoms with Gasteiger partial charge in [0.05, 0.1) is 18.3 Å². The molecule has 3 heterocycles. The van der Waals surface area contributed by atoms with Crippen molar-refractivity contribution in [2.24, 2.45) is 0 Å². The third-order valence-corrected chi connectivity index (χ3v) is 6.27. The average Bonchev–Trinajstić information content (AvgIpc) is 3.34. The predicted molar refractivity (Wildman–Crippen MR) is 131 cm³/mol. The van der Waals surface area contributed by atoms with Crippen molar-refractivity contribution < 1.29 is 4.52 Å². The van der Waals surface area contributed by atoms with Crippen molar-refractivity contribution in [1.82, 2.24) is 19.7 Å². The van der Waals surface area contributed by atoms with Gasteiger partial charge in [0.1, 0.15) is 5.82 Å². The lowest BCUT2D eigenvalue weighted by atomic mass is 9.97. The molecular weight excluding hydrogens is 426 g/mol. The molecule has 2 aromatic heterocycles. The van der Waals surface area contributed by atoms with Gasteiger partial charge < -0.3 is 9.42 Å². The van der Waals surface area contributed by atoms with E-state index in [0.717, 1.165) is 22.4 Å². The Bertz CT molecular complexity index is 1310. The van der Waals surface area contributed by atoms with Crippen LogP contribution in [0.4, 0.5) is 5.95 Å². The molecule has 0 saturated carbocycles. The normalized spacial score (nSPS) is 13.9. The minimum atomic E-state index is -0.239. The fraction of sp³-hybridized carbons (Fsp3) is 0.333. The molecule has 0 aliphatic carbocycles. The van der Waals surface area contributed by atoms with Crippen molar-refractivity contribution in [3.63, 3.8) is 0 Å². The maximum Gasteiger partial charge on any atom is 0.266 e. The number of hydrogen-bond donors (Lipinski definition) is 0. The van der Waals surface area contributed by atoms with Gasteiger partial charge in [-0.05, 0) is 29.6 Å². The molecule has 0 atom stereocenters. The van der Waals surface area contributed by atoms with E-state index in [1.54, 1.807) is 0 Å². The highest BCUT2D eigenvalue weighted by Crippen LogP contribution is 2.28. The summed E-state index contributed by atoms with van der Waals surface area (Å²) in [6.07, 6.45) is 0.580. The smallest absolute Gasteiger partial charge is 0.266 e. The molecule has 2 aromatic carbocycles. The quantitative estimate of drug-likeness (QED) is 0.453. The molecule has 7 nitrogen and oxygen atoms in total. The second-order valence-corrected chi connectivity index (χ2v) is 9.80. The van der Waals surface area contributed by atoms with E-state index in [2.05, 4.69) is 34.4 Å². The first-order valence-corrected chi connectivity index (χ1v) is 11.6. The first kappa shape index (κ1) is 22.1. The van der Waals surface area contributed by atoms with E-state index in [1.165, 1.54) is 0 Å². The van der Waals surface area contributed by atoms with Gasteiger partial charge in [0, 0.05) is 17.5 Å². The van der Waals surface area contributed by atoms with Crippen LogP contribution >= 0.6 is 0 Å². The minimum Gasteiger partial charge on any atom is -0.337 e. The minimum absolute atomic E-state index is 0.0170. The number of rotatable bonds is 4. The van der Waals surface area contributed by atoms with E-state index in [1.807, 2.05) is 73.6 Å². The van der Waals surface area contributed by atoms with Crippen LogP contribution in [0.15, 0.2) is 70.0 Å². The Balaban J connectivity index is 1.55. The Hall–Kier alpha value is -3.74. The Kier molecular flexibility index (Phi) is 5.55. The zero-order chi connectivity index (χ0) is 23.9. The maximum atomic E-state index is 13.9. The Morgan fingerprint density at radius 1 is 0.941 bits per heavy atom. The van der Waals surface area contributed by atoms with Gasteiger partial charge in [0.2, 0.25) is 5.89 Å². The van der Waals surface area contributed by atoms with E-state index in [9.17, 15) is 4.79 Å². The zero-order valence-corrected chi connectivity index (χ0v) is 20.0. The molecule has 0 fully saturated rings. The van der Waals surface area contributed by atoms with Gasteiger partial charge in [-0.2, -0.15) is 4.98 Å². The molecule has 0 unspecified atom stereocenters. The van der Waals surface area contributed by atoms with Gasteiger partial charge in [-0.15, -0.1) is 0 Å². The highest BCUT2D eigenvalue weighted by Gasteiger charge is 2.29. The summed E-state index contributed by atoms with van der Waals surface area (Å²) in [4.78, 5) is 25.4. The summed E-state index contributed by atoms with van der Waals surface area (Å²) in [6, 6.07) is 20.0. The molecule has 4 aromatic rings. The van der Waals surface area contributed by atoms with E-state index in [-0.39, 0.29) is 17.0 Å². The summed E-state index contributed by atoms with van der Waals surface area (Å²) < 4.78 is 7.32. The molecule has 174 valence electrons. The number of anilines is 1. The van der Waals surface area contributed by atoms with Crippen LogP contribution < -0.4 is 10.5 Å². The molecular formula is C27H29N5O2. The third kappa shape index (κ3) is 4.02. The van der Waals surface area contributed by atoms with Crippen molar-refractivity contribution >= 4 is 5.95 Å². The number of aryl methyl sites for hydroxylation is 1. The monoisotopic (exact) mass is 455 g/mol. The van der Waals surface area contributed by atoms with Gasteiger partial charge in [0.15, 0.2) is 0 Å². The average molecular weight is 456 g/mol. The van der Waals surface area contributed by atoms with Crippen LogP contribution in [-0.4, -0.2) is 26.2 Å². The fourth-order valence-corrected chi connectivity index (χ4v) is 4.51. The molecule has 1 aliphatic rings. The Morgan fingerprint density at radius 2 is 1.56 bits per heavy atom. The molecule has 0 spiro atoms. The summed E-state index contributed by atoms with van der Waals surface area (Å²) in [7, 11) is 0. The largest absolute Gasteiger partial charge is 0.337 e. The molecule has 34 heavy (non-hydrogen) atoms. The molecule has 1 aliphatic heterocycles. The van der Waals surface area contributed by atoms with E-state index < -0.39 is 0 Å². The molecule has 0 N–H and O–H groups in total. The second kappa shape index (κ2) is 8.56. The molecule has 7 heteroatoms. The van der Waals surface area contributed by atoms with Gasteiger partial charge >= 0.3 is 0 Å². The molecule has 0 radical (unpaired) electrons. The molecule has 0 bridgehead atoms. The lowest BCUT2D eigenvalue weighted by Crippen LogP contribution is -2.40. The number of fused-ring (bicyclic) bond motifs is 1. The van der Waals surface area contributed by atoms with Gasteiger partial charge in [-0.3, -0.25) is 9.36 Å². The lowest BCUT2D eigenvalue weighted by molar-refractivity contribution is 0.320. The standard InChI is InChI=1S/C27H29N5O2/c1-18-28-22-17-31(26-29-25(34-30-26)27(2,3)4)16-15-21(22)24(33)32(18)23(19-11-7-5-8-12-19)20-13-9-6-10-14-20/h5-14,23H,15-17H2,1-4H3. The number of hydrogen-bond acceptors (Lipinski definition) is 6. The highest BCUT2D eigenvalue weighted by molar-refractivity contribution is 5.38. The van der Waals surface area contributed by atoms with Crippen LogP contribution in [0.1, 0.15) is 60.9 Å². The summed E-state index contributed by atoms with van der Waals surface area (Å²) in [6.45, 7) is 9.15. The highest BCUT2D eigenvalue weighted by atomic mass is 16.5. The van der Waals surface area contributed by atoms with Gasteiger partial charge in [-0.25, -0.2) is 4.98 Å². The Labute approximate surface area is 199 Å².